The van der Waals surface area contributed by atoms with Gasteiger partial charge in [-0.3, -0.25) is 4.79 Å². The van der Waals surface area contributed by atoms with Gasteiger partial charge in [-0.05, 0) is 31.2 Å². The Hall–Kier alpha value is -2.51. The molecule has 2 aromatic rings. The van der Waals surface area contributed by atoms with Gasteiger partial charge in [0.05, 0.1) is 13.2 Å². The summed E-state index contributed by atoms with van der Waals surface area (Å²) < 4.78 is 11.4. The first kappa shape index (κ1) is 16.9. The molecular weight excluding hydrogens is 332 g/mol. The molecular formula is C19H22N4O3. The molecule has 0 radical (unpaired) electrons. The van der Waals surface area contributed by atoms with E-state index in [-0.39, 0.29) is 5.91 Å². The number of carbonyl (C=O) groups is 1. The molecule has 1 N–H and O–H groups in total. The molecule has 2 aliphatic heterocycles. The maximum Gasteiger partial charge on any atom is 0.274 e. The predicted molar refractivity (Wildman–Crippen MR) is 96.3 cm³/mol. The lowest BCUT2D eigenvalue weighted by Gasteiger charge is -2.37. The minimum atomic E-state index is -0.482. The summed E-state index contributed by atoms with van der Waals surface area (Å²) in [5.74, 6) is 0.0209. The summed E-state index contributed by atoms with van der Waals surface area (Å²) in [6.45, 7) is 4.51. The van der Waals surface area contributed by atoms with Crippen molar-refractivity contribution in [3.05, 3.63) is 47.7 Å². The number of ether oxygens (including phenoxy) is 2. The second kappa shape index (κ2) is 7.01. The first-order valence-corrected chi connectivity index (χ1v) is 8.88. The van der Waals surface area contributed by atoms with E-state index in [9.17, 15) is 4.79 Å². The number of aryl methyl sites for hydroxylation is 1. The number of amides is 1. The quantitative estimate of drug-likeness (QED) is 0.913. The number of nitrogens with zero attached hydrogens (tertiary/aromatic N) is 3. The summed E-state index contributed by atoms with van der Waals surface area (Å²) in [5.41, 5.74) is 2.48. The molecule has 1 aromatic heterocycles. The van der Waals surface area contributed by atoms with E-state index in [2.05, 4.69) is 15.5 Å². The van der Waals surface area contributed by atoms with Crippen LogP contribution in [0.3, 0.4) is 0 Å². The van der Waals surface area contributed by atoms with Crippen LogP contribution in [0.25, 0.3) is 0 Å². The molecule has 7 heteroatoms. The van der Waals surface area contributed by atoms with E-state index in [0.717, 1.165) is 5.69 Å². The average molecular weight is 354 g/mol. The van der Waals surface area contributed by atoms with Crippen LogP contribution in [-0.2, 0) is 9.47 Å². The molecule has 2 saturated heterocycles. The number of benzene rings is 1. The zero-order chi connectivity index (χ0) is 18.0. The number of carbonyl (C=O) groups excluding carboxylic acids is 1. The molecule has 7 nitrogen and oxygen atoms in total. The molecule has 0 unspecified atom stereocenters. The van der Waals surface area contributed by atoms with Crippen molar-refractivity contribution in [1.82, 2.24) is 15.1 Å². The Labute approximate surface area is 152 Å². The molecule has 4 rings (SSSR count). The second-order valence-corrected chi connectivity index (χ2v) is 6.69. The van der Waals surface area contributed by atoms with Gasteiger partial charge in [-0.15, -0.1) is 10.2 Å². The Bertz CT molecular complexity index is 760. The Balaban J connectivity index is 1.37. The zero-order valence-electron chi connectivity index (χ0n) is 14.8. The Morgan fingerprint density at radius 2 is 1.73 bits per heavy atom. The van der Waals surface area contributed by atoms with Gasteiger partial charge in [0, 0.05) is 31.6 Å². The summed E-state index contributed by atoms with van der Waals surface area (Å²) in [6.07, 6.45) is 1.39. The fourth-order valence-corrected chi connectivity index (χ4v) is 3.30. The lowest BCUT2D eigenvalue weighted by molar-refractivity contribution is -0.181. The summed E-state index contributed by atoms with van der Waals surface area (Å²) in [4.78, 5) is 14.4. The fraction of sp³-hybridized carbons (Fsp3) is 0.421. The standard InChI is InChI=1S/C19H22N4O3/c1-14-2-4-15(5-3-14)20-17-7-6-16(21-22-17)18(24)23-10-8-19(9-11-23)25-12-13-26-19/h2-7H,8-13H2,1H3,(H,20,22). The van der Waals surface area contributed by atoms with Crippen molar-refractivity contribution >= 4 is 17.4 Å². The number of nitrogens with one attached hydrogen (secondary N) is 1. The molecule has 0 bridgehead atoms. The van der Waals surface area contributed by atoms with Crippen molar-refractivity contribution in [2.24, 2.45) is 0 Å². The molecule has 1 aromatic carbocycles. The molecule has 1 spiro atoms. The third-order valence-electron chi connectivity index (χ3n) is 4.83. The Morgan fingerprint density at radius 1 is 1.04 bits per heavy atom. The second-order valence-electron chi connectivity index (χ2n) is 6.69. The van der Waals surface area contributed by atoms with E-state index in [4.69, 9.17) is 9.47 Å². The van der Waals surface area contributed by atoms with E-state index in [1.54, 1.807) is 17.0 Å². The van der Waals surface area contributed by atoms with Crippen LogP contribution in [0, 0.1) is 6.92 Å². The number of anilines is 2. The molecule has 0 aliphatic carbocycles. The van der Waals surface area contributed by atoms with Gasteiger partial charge in [-0.1, -0.05) is 17.7 Å². The van der Waals surface area contributed by atoms with Crippen LogP contribution in [-0.4, -0.2) is 53.1 Å². The number of likely N-dealkylation sites (tertiary alicyclic amines) is 1. The molecule has 136 valence electrons. The summed E-state index contributed by atoms with van der Waals surface area (Å²) in [7, 11) is 0. The summed E-state index contributed by atoms with van der Waals surface area (Å²) in [6, 6.07) is 11.5. The van der Waals surface area contributed by atoms with Crippen LogP contribution in [0.1, 0.15) is 28.9 Å². The van der Waals surface area contributed by atoms with Gasteiger partial charge < -0.3 is 19.7 Å². The third kappa shape index (κ3) is 3.54. The van der Waals surface area contributed by atoms with E-state index in [0.29, 0.717) is 50.7 Å². The largest absolute Gasteiger partial charge is 0.347 e. The van der Waals surface area contributed by atoms with Crippen molar-refractivity contribution in [2.45, 2.75) is 25.6 Å². The summed E-state index contributed by atoms with van der Waals surface area (Å²) >= 11 is 0. The third-order valence-corrected chi connectivity index (χ3v) is 4.83. The normalized spacial score (nSPS) is 18.9. The van der Waals surface area contributed by atoms with E-state index in [1.165, 1.54) is 5.56 Å². The maximum atomic E-state index is 12.6. The van der Waals surface area contributed by atoms with Crippen molar-refractivity contribution in [3.8, 4) is 0 Å². The number of aromatic nitrogens is 2. The maximum absolute atomic E-state index is 12.6. The first-order chi connectivity index (χ1) is 12.6. The molecule has 1 amide bonds. The number of hydrogen-bond donors (Lipinski definition) is 1. The molecule has 3 heterocycles. The molecule has 2 aliphatic rings. The van der Waals surface area contributed by atoms with Gasteiger partial charge in [-0.2, -0.15) is 0 Å². The van der Waals surface area contributed by atoms with Crippen LogP contribution in [0.5, 0.6) is 0 Å². The number of piperidine rings is 1. The Morgan fingerprint density at radius 3 is 2.35 bits per heavy atom. The minimum absolute atomic E-state index is 0.104. The number of hydrogen-bond acceptors (Lipinski definition) is 6. The van der Waals surface area contributed by atoms with Crippen LogP contribution in [0.2, 0.25) is 0 Å². The van der Waals surface area contributed by atoms with Crippen LogP contribution in [0.15, 0.2) is 36.4 Å². The minimum Gasteiger partial charge on any atom is -0.347 e. The lowest BCUT2D eigenvalue weighted by atomic mass is 10.0. The van der Waals surface area contributed by atoms with Crippen molar-refractivity contribution < 1.29 is 14.3 Å². The highest BCUT2D eigenvalue weighted by molar-refractivity contribution is 5.92. The van der Waals surface area contributed by atoms with Gasteiger partial charge in [0.25, 0.3) is 5.91 Å². The highest BCUT2D eigenvalue weighted by atomic mass is 16.7. The van der Waals surface area contributed by atoms with Gasteiger partial charge in [0.2, 0.25) is 0 Å². The van der Waals surface area contributed by atoms with E-state index >= 15 is 0 Å². The fourth-order valence-electron chi connectivity index (χ4n) is 3.30. The van der Waals surface area contributed by atoms with Crippen molar-refractivity contribution in [1.29, 1.82) is 0 Å². The van der Waals surface area contributed by atoms with Crippen molar-refractivity contribution in [3.63, 3.8) is 0 Å². The first-order valence-electron chi connectivity index (χ1n) is 8.88. The van der Waals surface area contributed by atoms with E-state index in [1.807, 2.05) is 31.2 Å². The average Bonchev–Trinajstić information content (AvgIpc) is 3.12. The van der Waals surface area contributed by atoms with Crippen LogP contribution in [0.4, 0.5) is 11.5 Å². The molecule has 2 fully saturated rings. The van der Waals surface area contributed by atoms with Gasteiger partial charge >= 0.3 is 0 Å². The summed E-state index contributed by atoms with van der Waals surface area (Å²) in [5, 5.41) is 11.4. The Kier molecular flexibility index (Phi) is 4.57. The molecule has 0 atom stereocenters. The van der Waals surface area contributed by atoms with Gasteiger partial charge in [-0.25, -0.2) is 0 Å². The highest BCUT2D eigenvalue weighted by Crippen LogP contribution is 2.31. The van der Waals surface area contributed by atoms with Crippen molar-refractivity contribution in [2.75, 3.05) is 31.6 Å². The SMILES string of the molecule is Cc1ccc(Nc2ccc(C(=O)N3CCC4(CC3)OCCO4)nn2)cc1. The highest BCUT2D eigenvalue weighted by Gasteiger charge is 2.41. The van der Waals surface area contributed by atoms with Gasteiger partial charge in [0.15, 0.2) is 17.3 Å². The topological polar surface area (TPSA) is 76.6 Å². The van der Waals surface area contributed by atoms with E-state index < -0.39 is 5.79 Å². The van der Waals surface area contributed by atoms with Crippen LogP contribution < -0.4 is 5.32 Å². The predicted octanol–water partition coefficient (Wildman–Crippen LogP) is 2.51. The number of rotatable bonds is 3. The molecule has 26 heavy (non-hydrogen) atoms. The smallest absolute Gasteiger partial charge is 0.274 e. The molecule has 0 saturated carbocycles. The lowest BCUT2D eigenvalue weighted by Crippen LogP contribution is -2.47. The zero-order valence-corrected chi connectivity index (χ0v) is 14.8. The van der Waals surface area contributed by atoms with Crippen LogP contribution >= 0.6 is 0 Å². The monoisotopic (exact) mass is 354 g/mol. The van der Waals surface area contributed by atoms with Gasteiger partial charge in [0.1, 0.15) is 0 Å².